The molecule has 1 aromatic rings. The van der Waals surface area contributed by atoms with E-state index >= 15 is 0 Å². The maximum absolute atomic E-state index is 10.7. The highest BCUT2D eigenvalue weighted by Gasteiger charge is 1.99. The van der Waals surface area contributed by atoms with Crippen LogP contribution in [-0.4, -0.2) is 12.3 Å². The highest BCUT2D eigenvalue weighted by Crippen LogP contribution is 2.14. The molecule has 0 aliphatic carbocycles. The lowest BCUT2D eigenvalue weighted by molar-refractivity contribution is -0.116. The van der Waals surface area contributed by atoms with Crippen molar-refractivity contribution in [3.8, 4) is 0 Å². The van der Waals surface area contributed by atoms with Crippen LogP contribution >= 0.6 is 0 Å². The van der Waals surface area contributed by atoms with Gasteiger partial charge < -0.3 is 5.32 Å². The third-order valence-corrected chi connectivity index (χ3v) is 2.35. The van der Waals surface area contributed by atoms with Crippen LogP contribution in [0.3, 0.4) is 0 Å². The van der Waals surface area contributed by atoms with Crippen molar-refractivity contribution in [1.82, 2.24) is 5.32 Å². The molecule has 0 amide bonds. The molecule has 0 unspecified atom stereocenters. The standard InChI is InChI=1S/C13H19NO/c1-10(2)13-6-4-12(5-7-13)9-14-8-11(3)15/h4-7,10,14H,8-9H2,1-3H3. The van der Waals surface area contributed by atoms with E-state index in [0.29, 0.717) is 12.5 Å². The number of Topliss-reactive ketones (excluding diaryl/α,β-unsaturated/α-hetero) is 1. The van der Waals surface area contributed by atoms with Gasteiger partial charge in [0, 0.05) is 6.54 Å². The van der Waals surface area contributed by atoms with Gasteiger partial charge in [-0.05, 0) is 24.0 Å². The Balaban J connectivity index is 2.46. The molecule has 0 bridgehead atoms. The minimum atomic E-state index is 0.175. The molecular formula is C13H19NO. The van der Waals surface area contributed by atoms with E-state index in [-0.39, 0.29) is 5.78 Å². The van der Waals surface area contributed by atoms with Gasteiger partial charge in [-0.15, -0.1) is 0 Å². The summed E-state index contributed by atoms with van der Waals surface area (Å²) in [6, 6.07) is 8.52. The molecule has 2 nitrogen and oxygen atoms in total. The van der Waals surface area contributed by atoms with Crippen LogP contribution in [0.2, 0.25) is 0 Å². The predicted molar refractivity (Wildman–Crippen MR) is 62.9 cm³/mol. The quantitative estimate of drug-likeness (QED) is 0.800. The summed E-state index contributed by atoms with van der Waals surface area (Å²) < 4.78 is 0. The molecule has 15 heavy (non-hydrogen) atoms. The molecule has 0 spiro atoms. The zero-order valence-electron chi connectivity index (χ0n) is 9.71. The Morgan fingerprint density at radius 1 is 1.27 bits per heavy atom. The van der Waals surface area contributed by atoms with Crippen molar-refractivity contribution in [1.29, 1.82) is 0 Å². The van der Waals surface area contributed by atoms with E-state index in [2.05, 4.69) is 43.4 Å². The van der Waals surface area contributed by atoms with Gasteiger partial charge in [0.25, 0.3) is 0 Å². The molecule has 1 N–H and O–H groups in total. The molecule has 0 aliphatic rings. The lowest BCUT2D eigenvalue weighted by Crippen LogP contribution is -2.20. The SMILES string of the molecule is CC(=O)CNCc1ccc(C(C)C)cc1. The summed E-state index contributed by atoms with van der Waals surface area (Å²) in [4.78, 5) is 10.7. The predicted octanol–water partition coefficient (Wildman–Crippen LogP) is 2.49. The van der Waals surface area contributed by atoms with Crippen molar-refractivity contribution < 1.29 is 4.79 Å². The number of hydrogen-bond donors (Lipinski definition) is 1. The van der Waals surface area contributed by atoms with Crippen LogP contribution in [0.25, 0.3) is 0 Å². The Kier molecular flexibility index (Phi) is 4.50. The second kappa shape index (κ2) is 5.66. The summed E-state index contributed by atoms with van der Waals surface area (Å²) in [5.41, 5.74) is 2.57. The van der Waals surface area contributed by atoms with E-state index in [1.54, 1.807) is 6.92 Å². The Morgan fingerprint density at radius 3 is 2.33 bits per heavy atom. The molecule has 0 saturated heterocycles. The first kappa shape index (κ1) is 11.9. The molecule has 0 heterocycles. The molecule has 82 valence electrons. The summed E-state index contributed by atoms with van der Waals surface area (Å²) in [7, 11) is 0. The van der Waals surface area contributed by atoms with E-state index in [1.807, 2.05) is 0 Å². The molecule has 1 aromatic carbocycles. The maximum atomic E-state index is 10.7. The summed E-state index contributed by atoms with van der Waals surface area (Å²) in [6.07, 6.45) is 0. The average Bonchev–Trinajstić information content (AvgIpc) is 2.18. The van der Waals surface area contributed by atoms with Crippen molar-refractivity contribution in [3.63, 3.8) is 0 Å². The van der Waals surface area contributed by atoms with Crippen molar-refractivity contribution in [2.75, 3.05) is 6.54 Å². The van der Waals surface area contributed by atoms with Crippen molar-refractivity contribution in [2.24, 2.45) is 0 Å². The molecule has 0 fully saturated rings. The van der Waals surface area contributed by atoms with Crippen LogP contribution < -0.4 is 5.32 Å². The fraction of sp³-hybridized carbons (Fsp3) is 0.462. The molecule has 2 heteroatoms. The second-order valence-electron chi connectivity index (χ2n) is 4.20. The van der Waals surface area contributed by atoms with Gasteiger partial charge in [0.2, 0.25) is 0 Å². The van der Waals surface area contributed by atoms with Gasteiger partial charge in [0.15, 0.2) is 0 Å². The zero-order chi connectivity index (χ0) is 11.3. The summed E-state index contributed by atoms with van der Waals surface area (Å²) in [5.74, 6) is 0.748. The monoisotopic (exact) mass is 205 g/mol. The third-order valence-electron chi connectivity index (χ3n) is 2.35. The van der Waals surface area contributed by atoms with Crippen LogP contribution in [0, 0.1) is 0 Å². The topological polar surface area (TPSA) is 29.1 Å². The van der Waals surface area contributed by atoms with Gasteiger partial charge >= 0.3 is 0 Å². The summed E-state index contributed by atoms with van der Waals surface area (Å²) in [5, 5.41) is 3.10. The number of benzene rings is 1. The van der Waals surface area contributed by atoms with E-state index in [9.17, 15) is 4.79 Å². The normalized spacial score (nSPS) is 10.7. The number of hydrogen-bond acceptors (Lipinski definition) is 2. The van der Waals surface area contributed by atoms with Crippen LogP contribution in [0.5, 0.6) is 0 Å². The fourth-order valence-corrected chi connectivity index (χ4v) is 1.40. The highest BCUT2D eigenvalue weighted by molar-refractivity contribution is 5.77. The lowest BCUT2D eigenvalue weighted by Gasteiger charge is -2.07. The maximum Gasteiger partial charge on any atom is 0.143 e. The van der Waals surface area contributed by atoms with E-state index in [0.717, 1.165) is 6.54 Å². The van der Waals surface area contributed by atoms with E-state index in [4.69, 9.17) is 0 Å². The summed E-state index contributed by atoms with van der Waals surface area (Å²) in [6.45, 7) is 7.17. The Morgan fingerprint density at radius 2 is 1.87 bits per heavy atom. The number of ketones is 1. The van der Waals surface area contributed by atoms with Gasteiger partial charge in [-0.25, -0.2) is 0 Å². The third kappa shape index (κ3) is 4.26. The van der Waals surface area contributed by atoms with E-state index < -0.39 is 0 Å². The summed E-state index contributed by atoms with van der Waals surface area (Å²) >= 11 is 0. The van der Waals surface area contributed by atoms with Gasteiger partial charge in [0.1, 0.15) is 5.78 Å². The first-order valence-corrected chi connectivity index (χ1v) is 5.38. The smallest absolute Gasteiger partial charge is 0.143 e. The first-order valence-electron chi connectivity index (χ1n) is 5.38. The lowest BCUT2D eigenvalue weighted by atomic mass is 10.0. The molecule has 0 radical (unpaired) electrons. The minimum Gasteiger partial charge on any atom is -0.306 e. The highest BCUT2D eigenvalue weighted by atomic mass is 16.1. The Labute approximate surface area is 91.7 Å². The number of nitrogens with one attached hydrogen (secondary N) is 1. The Hall–Kier alpha value is -1.15. The van der Waals surface area contributed by atoms with Crippen molar-refractivity contribution >= 4 is 5.78 Å². The van der Waals surface area contributed by atoms with Gasteiger partial charge in [0.05, 0.1) is 6.54 Å². The van der Waals surface area contributed by atoms with Gasteiger partial charge in [-0.2, -0.15) is 0 Å². The largest absolute Gasteiger partial charge is 0.306 e. The average molecular weight is 205 g/mol. The van der Waals surface area contributed by atoms with Crippen LogP contribution in [0.1, 0.15) is 37.8 Å². The molecule has 1 rings (SSSR count). The zero-order valence-corrected chi connectivity index (χ0v) is 9.71. The fourth-order valence-electron chi connectivity index (χ4n) is 1.40. The van der Waals surface area contributed by atoms with Crippen LogP contribution in [0.4, 0.5) is 0 Å². The molecule has 0 aromatic heterocycles. The van der Waals surface area contributed by atoms with Gasteiger partial charge in [-0.3, -0.25) is 4.79 Å². The molecule has 0 atom stereocenters. The number of rotatable bonds is 5. The van der Waals surface area contributed by atoms with E-state index in [1.165, 1.54) is 11.1 Å². The second-order valence-corrected chi connectivity index (χ2v) is 4.20. The molecule has 0 saturated carbocycles. The minimum absolute atomic E-state index is 0.175. The van der Waals surface area contributed by atoms with Gasteiger partial charge in [-0.1, -0.05) is 38.1 Å². The van der Waals surface area contributed by atoms with Crippen molar-refractivity contribution in [3.05, 3.63) is 35.4 Å². The molecule has 0 aliphatic heterocycles. The molecular weight excluding hydrogens is 186 g/mol. The number of carbonyl (C=O) groups excluding carboxylic acids is 1. The van der Waals surface area contributed by atoms with Crippen LogP contribution in [0.15, 0.2) is 24.3 Å². The Bertz CT molecular complexity index is 314. The first-order chi connectivity index (χ1) is 7.09. The van der Waals surface area contributed by atoms with Crippen LogP contribution in [-0.2, 0) is 11.3 Å². The number of carbonyl (C=O) groups is 1. The van der Waals surface area contributed by atoms with Crippen molar-refractivity contribution in [2.45, 2.75) is 33.2 Å².